The number of carbonyl (C=O) groups is 2. The number of alkyl halides is 2. The topological polar surface area (TPSA) is 70.5 Å². The van der Waals surface area contributed by atoms with Crippen molar-refractivity contribution in [2.75, 3.05) is 31.5 Å². The van der Waals surface area contributed by atoms with Crippen molar-refractivity contribution in [3.63, 3.8) is 0 Å². The SMILES string of the molecule is CCN1CC(C(=O)N2CCCC([C@@H]3C[C@H](C(F)F)n4nc(C)cc4N3)C2)CC1=O. The highest BCUT2D eigenvalue weighted by Crippen LogP contribution is 2.36. The van der Waals surface area contributed by atoms with Crippen LogP contribution >= 0.6 is 0 Å². The van der Waals surface area contributed by atoms with Crippen LogP contribution in [-0.2, 0) is 9.59 Å². The summed E-state index contributed by atoms with van der Waals surface area (Å²) in [7, 11) is 0. The van der Waals surface area contributed by atoms with Gasteiger partial charge in [-0.25, -0.2) is 13.5 Å². The largest absolute Gasteiger partial charge is 0.367 e. The normalized spacial score (nSPS) is 29.9. The number of anilines is 1. The highest BCUT2D eigenvalue weighted by molar-refractivity contribution is 5.89. The van der Waals surface area contributed by atoms with E-state index in [1.165, 1.54) is 4.68 Å². The average molecular weight is 409 g/mol. The number of halogens is 2. The smallest absolute Gasteiger partial charge is 0.260 e. The molecule has 1 N–H and O–H groups in total. The second-order valence-electron chi connectivity index (χ2n) is 8.52. The van der Waals surface area contributed by atoms with Gasteiger partial charge >= 0.3 is 0 Å². The molecule has 7 nitrogen and oxygen atoms in total. The molecule has 9 heteroatoms. The van der Waals surface area contributed by atoms with Gasteiger partial charge in [0.05, 0.1) is 11.6 Å². The Morgan fingerprint density at radius 3 is 2.86 bits per heavy atom. The van der Waals surface area contributed by atoms with Gasteiger partial charge in [0.1, 0.15) is 11.9 Å². The first kappa shape index (κ1) is 20.1. The Kier molecular flexibility index (Phi) is 5.48. The average Bonchev–Trinajstić information content (AvgIpc) is 3.27. The second-order valence-corrected chi connectivity index (χ2v) is 8.52. The number of likely N-dealkylation sites (tertiary alicyclic amines) is 2. The van der Waals surface area contributed by atoms with Crippen LogP contribution in [0.1, 0.15) is 44.3 Å². The van der Waals surface area contributed by atoms with Crippen molar-refractivity contribution < 1.29 is 18.4 Å². The maximum atomic E-state index is 13.7. The Balaban J connectivity index is 1.45. The summed E-state index contributed by atoms with van der Waals surface area (Å²) in [5, 5.41) is 7.62. The fourth-order valence-electron chi connectivity index (χ4n) is 5.05. The molecule has 2 amide bonds. The minimum Gasteiger partial charge on any atom is -0.367 e. The van der Waals surface area contributed by atoms with Gasteiger partial charge in [-0.05, 0) is 39.0 Å². The summed E-state index contributed by atoms with van der Waals surface area (Å²) in [5.74, 6) is 0.529. The van der Waals surface area contributed by atoms with Gasteiger partial charge in [-0.2, -0.15) is 5.10 Å². The predicted molar refractivity (Wildman–Crippen MR) is 104 cm³/mol. The third-order valence-corrected chi connectivity index (χ3v) is 6.58. The summed E-state index contributed by atoms with van der Waals surface area (Å²) in [6.45, 7) is 6.06. The maximum absolute atomic E-state index is 13.7. The zero-order valence-electron chi connectivity index (χ0n) is 17.0. The quantitative estimate of drug-likeness (QED) is 0.828. The Morgan fingerprint density at radius 1 is 1.38 bits per heavy atom. The van der Waals surface area contributed by atoms with E-state index in [1.807, 2.05) is 11.8 Å². The van der Waals surface area contributed by atoms with Crippen molar-refractivity contribution >= 4 is 17.6 Å². The van der Waals surface area contributed by atoms with E-state index in [0.29, 0.717) is 44.1 Å². The standard InChI is InChI=1S/C20H29F2N5O2/c1-3-25-11-14(8-18(25)28)20(29)26-6-4-5-13(10-26)15-9-16(19(21)22)27-17(23-15)7-12(2)24-27/h7,13-16,19,23H,3-6,8-11H2,1-2H3/t13?,14?,15-,16+/m0/s1. The summed E-state index contributed by atoms with van der Waals surface area (Å²) in [4.78, 5) is 28.6. The Bertz CT molecular complexity index is 783. The van der Waals surface area contributed by atoms with Crippen LogP contribution in [0.3, 0.4) is 0 Å². The number of carbonyl (C=O) groups excluding carboxylic acids is 2. The number of nitrogens with one attached hydrogen (secondary N) is 1. The molecule has 1 aromatic heterocycles. The van der Waals surface area contributed by atoms with Crippen LogP contribution in [0.4, 0.5) is 14.6 Å². The van der Waals surface area contributed by atoms with Gasteiger partial charge in [0.2, 0.25) is 11.8 Å². The molecule has 0 radical (unpaired) electrons. The third-order valence-electron chi connectivity index (χ3n) is 6.58. The number of amides is 2. The summed E-state index contributed by atoms with van der Waals surface area (Å²) in [6, 6.07) is 0.740. The van der Waals surface area contributed by atoms with E-state index in [1.54, 1.807) is 17.9 Å². The molecule has 0 aromatic carbocycles. The van der Waals surface area contributed by atoms with Crippen LogP contribution in [0.25, 0.3) is 0 Å². The first-order valence-electron chi connectivity index (χ1n) is 10.5. The van der Waals surface area contributed by atoms with Crippen LogP contribution in [0.2, 0.25) is 0 Å². The lowest BCUT2D eigenvalue weighted by Crippen LogP contribution is -2.49. The van der Waals surface area contributed by atoms with Crippen molar-refractivity contribution in [1.82, 2.24) is 19.6 Å². The van der Waals surface area contributed by atoms with Crippen LogP contribution < -0.4 is 5.32 Å². The van der Waals surface area contributed by atoms with Crippen LogP contribution in [0.5, 0.6) is 0 Å². The van der Waals surface area contributed by atoms with Gasteiger partial charge in [-0.1, -0.05) is 0 Å². The number of aryl methyl sites for hydroxylation is 1. The Labute approximate surface area is 169 Å². The molecule has 3 aliphatic heterocycles. The van der Waals surface area contributed by atoms with Gasteiger partial charge < -0.3 is 15.1 Å². The molecule has 4 rings (SSSR count). The second kappa shape index (κ2) is 7.91. The highest BCUT2D eigenvalue weighted by Gasteiger charge is 2.41. The summed E-state index contributed by atoms with van der Waals surface area (Å²) in [6.07, 6.45) is -0.158. The van der Waals surface area contributed by atoms with Crippen molar-refractivity contribution in [1.29, 1.82) is 0 Å². The van der Waals surface area contributed by atoms with E-state index >= 15 is 0 Å². The van der Waals surface area contributed by atoms with E-state index in [9.17, 15) is 18.4 Å². The molecular formula is C20H29F2N5O2. The number of rotatable bonds is 4. The fraction of sp³-hybridized carbons (Fsp3) is 0.750. The lowest BCUT2D eigenvalue weighted by atomic mass is 9.85. The lowest BCUT2D eigenvalue weighted by molar-refractivity contribution is -0.137. The fourth-order valence-corrected chi connectivity index (χ4v) is 5.05. The Hall–Kier alpha value is -2.19. The monoisotopic (exact) mass is 409 g/mol. The highest BCUT2D eigenvalue weighted by atomic mass is 19.3. The van der Waals surface area contributed by atoms with Crippen LogP contribution in [0.15, 0.2) is 6.07 Å². The van der Waals surface area contributed by atoms with Gasteiger partial charge in [0.25, 0.3) is 6.43 Å². The molecule has 2 fully saturated rings. The molecule has 0 aliphatic carbocycles. The van der Waals surface area contributed by atoms with Crippen LogP contribution in [-0.4, -0.2) is 70.0 Å². The van der Waals surface area contributed by atoms with Crippen molar-refractivity contribution in [3.05, 3.63) is 11.8 Å². The van der Waals surface area contributed by atoms with Crippen molar-refractivity contribution in [2.45, 2.75) is 58.0 Å². The van der Waals surface area contributed by atoms with E-state index in [-0.39, 0.29) is 36.1 Å². The summed E-state index contributed by atoms with van der Waals surface area (Å²) < 4.78 is 28.8. The van der Waals surface area contributed by atoms with Crippen molar-refractivity contribution in [3.8, 4) is 0 Å². The zero-order chi connectivity index (χ0) is 20.7. The summed E-state index contributed by atoms with van der Waals surface area (Å²) >= 11 is 0. The molecule has 29 heavy (non-hydrogen) atoms. The number of nitrogens with zero attached hydrogens (tertiary/aromatic N) is 4. The molecular weight excluding hydrogens is 380 g/mol. The number of fused-ring (bicyclic) bond motifs is 1. The molecule has 0 bridgehead atoms. The third kappa shape index (κ3) is 3.83. The summed E-state index contributed by atoms with van der Waals surface area (Å²) in [5.41, 5.74) is 0.714. The van der Waals surface area contributed by atoms with E-state index < -0.39 is 12.5 Å². The first-order chi connectivity index (χ1) is 13.9. The molecule has 4 atom stereocenters. The molecule has 2 unspecified atom stereocenters. The lowest BCUT2D eigenvalue weighted by Gasteiger charge is -2.41. The molecule has 160 valence electrons. The first-order valence-corrected chi connectivity index (χ1v) is 10.5. The molecule has 0 spiro atoms. The number of hydrogen-bond donors (Lipinski definition) is 1. The molecule has 0 saturated carbocycles. The minimum absolute atomic E-state index is 0.0288. The Morgan fingerprint density at radius 2 is 2.17 bits per heavy atom. The van der Waals surface area contributed by atoms with Gasteiger partial charge in [-0.3, -0.25) is 9.59 Å². The van der Waals surface area contributed by atoms with Crippen LogP contribution in [0, 0.1) is 18.8 Å². The molecule has 1 aromatic rings. The van der Waals surface area contributed by atoms with E-state index in [4.69, 9.17) is 0 Å². The van der Waals surface area contributed by atoms with E-state index in [0.717, 1.165) is 12.8 Å². The van der Waals surface area contributed by atoms with Gasteiger partial charge in [0.15, 0.2) is 0 Å². The van der Waals surface area contributed by atoms with Gasteiger partial charge in [-0.15, -0.1) is 0 Å². The maximum Gasteiger partial charge on any atom is 0.260 e. The molecule has 4 heterocycles. The predicted octanol–water partition coefficient (Wildman–Crippen LogP) is 2.29. The van der Waals surface area contributed by atoms with E-state index in [2.05, 4.69) is 10.4 Å². The molecule has 2 saturated heterocycles. The number of aromatic nitrogens is 2. The number of piperidine rings is 1. The van der Waals surface area contributed by atoms with Crippen molar-refractivity contribution in [2.24, 2.45) is 11.8 Å². The number of hydrogen-bond acceptors (Lipinski definition) is 4. The minimum atomic E-state index is -2.48. The van der Waals surface area contributed by atoms with Gasteiger partial charge in [0, 0.05) is 44.7 Å². The zero-order valence-corrected chi connectivity index (χ0v) is 17.0. The molecule has 3 aliphatic rings.